The molecule has 0 bridgehead atoms. The number of alkyl halides is 3. The Hall–Kier alpha value is -3.03. The van der Waals surface area contributed by atoms with Gasteiger partial charge in [0.1, 0.15) is 24.4 Å². The van der Waals surface area contributed by atoms with Crippen LogP contribution in [0.1, 0.15) is 31.8 Å². The SMILES string of the molecule is CN(C)C(=O)c1cc(C(N)=O)cc(-c2ccc(C[C@H]3O[C@H](CO)[C@@H](O)[C@H](O)[C@@H]3O)c(C(F)(F)F)c2)c1. The molecular weight excluding hydrogens is 485 g/mol. The third-order valence-electron chi connectivity index (χ3n) is 6.03. The lowest BCUT2D eigenvalue weighted by Crippen LogP contribution is -2.59. The lowest BCUT2D eigenvalue weighted by Gasteiger charge is -2.40. The van der Waals surface area contributed by atoms with E-state index in [0.29, 0.717) is 0 Å². The fourth-order valence-electron chi connectivity index (χ4n) is 4.08. The zero-order valence-electron chi connectivity index (χ0n) is 19.4. The van der Waals surface area contributed by atoms with Crippen LogP contribution in [0.3, 0.4) is 0 Å². The van der Waals surface area contributed by atoms with Gasteiger partial charge >= 0.3 is 6.18 Å². The molecule has 0 aromatic heterocycles. The predicted molar refractivity (Wildman–Crippen MR) is 121 cm³/mol. The molecule has 2 aromatic rings. The van der Waals surface area contributed by atoms with E-state index in [2.05, 4.69) is 0 Å². The Morgan fingerprint density at radius 1 is 0.944 bits per heavy atom. The molecule has 0 aliphatic carbocycles. The van der Waals surface area contributed by atoms with Crippen LogP contribution in [0.15, 0.2) is 36.4 Å². The lowest BCUT2D eigenvalue weighted by molar-refractivity contribution is -0.228. The van der Waals surface area contributed by atoms with E-state index in [1.807, 2.05) is 0 Å². The van der Waals surface area contributed by atoms with Crippen LogP contribution in [0.5, 0.6) is 0 Å². The highest BCUT2D eigenvalue weighted by Gasteiger charge is 2.44. The number of aliphatic hydroxyl groups is 4. The van der Waals surface area contributed by atoms with Gasteiger partial charge in [-0.15, -0.1) is 0 Å². The van der Waals surface area contributed by atoms with Crippen molar-refractivity contribution in [1.29, 1.82) is 0 Å². The summed E-state index contributed by atoms with van der Waals surface area (Å²) in [6.45, 7) is -0.712. The summed E-state index contributed by atoms with van der Waals surface area (Å²) in [4.78, 5) is 25.5. The van der Waals surface area contributed by atoms with Crippen LogP contribution in [-0.4, -0.2) is 88.4 Å². The van der Waals surface area contributed by atoms with Gasteiger partial charge < -0.3 is 35.8 Å². The summed E-state index contributed by atoms with van der Waals surface area (Å²) in [6.07, 6.45) is -13.0. The number of carbonyl (C=O) groups excluding carboxylic acids is 2. The number of nitrogens with zero attached hydrogens (tertiary/aromatic N) is 1. The summed E-state index contributed by atoms with van der Waals surface area (Å²) < 4.78 is 47.4. The zero-order valence-corrected chi connectivity index (χ0v) is 19.4. The highest BCUT2D eigenvalue weighted by molar-refractivity contribution is 6.00. The highest BCUT2D eigenvalue weighted by atomic mass is 19.4. The van der Waals surface area contributed by atoms with Gasteiger partial charge in [0.2, 0.25) is 5.91 Å². The highest BCUT2D eigenvalue weighted by Crippen LogP contribution is 2.37. The molecule has 1 aliphatic heterocycles. The van der Waals surface area contributed by atoms with Crippen molar-refractivity contribution in [2.24, 2.45) is 5.73 Å². The number of benzene rings is 2. The molecular formula is C24H27F3N2O7. The van der Waals surface area contributed by atoms with Gasteiger partial charge in [0.05, 0.1) is 18.3 Å². The normalized spacial score (nSPS) is 24.4. The third kappa shape index (κ3) is 5.68. The Bertz CT molecular complexity index is 1140. The third-order valence-corrected chi connectivity index (χ3v) is 6.03. The molecule has 6 N–H and O–H groups in total. The molecule has 2 aromatic carbocycles. The van der Waals surface area contributed by atoms with Gasteiger partial charge in [0.25, 0.3) is 5.91 Å². The molecule has 1 fully saturated rings. The molecule has 3 rings (SSSR count). The van der Waals surface area contributed by atoms with Crippen LogP contribution in [-0.2, 0) is 17.3 Å². The first-order chi connectivity index (χ1) is 16.7. The molecule has 2 amide bonds. The largest absolute Gasteiger partial charge is 0.416 e. The van der Waals surface area contributed by atoms with Crippen molar-refractivity contribution in [2.45, 2.75) is 43.1 Å². The Morgan fingerprint density at radius 2 is 1.56 bits per heavy atom. The Kier molecular flexibility index (Phi) is 8.06. The fourth-order valence-corrected chi connectivity index (χ4v) is 4.08. The van der Waals surface area contributed by atoms with Crippen LogP contribution in [0, 0.1) is 0 Å². The minimum absolute atomic E-state index is 0.0517. The van der Waals surface area contributed by atoms with Crippen molar-refractivity contribution in [3.05, 3.63) is 58.7 Å². The van der Waals surface area contributed by atoms with Gasteiger partial charge in [-0.1, -0.05) is 12.1 Å². The molecule has 5 atom stereocenters. The number of hydrogen-bond donors (Lipinski definition) is 5. The van der Waals surface area contributed by atoms with Gasteiger partial charge in [-0.05, 0) is 41.0 Å². The first-order valence-corrected chi connectivity index (χ1v) is 10.9. The number of ether oxygens (including phenoxy) is 1. The number of halogens is 3. The second-order valence-corrected chi connectivity index (χ2v) is 8.80. The summed E-state index contributed by atoms with van der Waals surface area (Å²) >= 11 is 0. The first kappa shape index (κ1) is 27.6. The number of amides is 2. The van der Waals surface area contributed by atoms with E-state index >= 15 is 0 Å². The standard InChI is InChI=1S/C24H27F3N2O7/c1-29(2)23(35)15-6-13(5-14(7-15)22(28)34)11-3-4-12(16(8-11)24(25,26)27)9-17-19(31)21(33)20(32)18(10-30)36-17/h3-8,17-21,30-33H,9-10H2,1-2H3,(H2,28,34)/t17-,18-,19-,20-,21-/m1/s1. The van der Waals surface area contributed by atoms with Crippen molar-refractivity contribution in [2.75, 3.05) is 20.7 Å². The average Bonchev–Trinajstić information content (AvgIpc) is 2.82. The first-order valence-electron chi connectivity index (χ1n) is 10.9. The molecule has 0 radical (unpaired) electrons. The Morgan fingerprint density at radius 3 is 2.11 bits per heavy atom. The number of rotatable bonds is 6. The average molecular weight is 512 g/mol. The van der Waals surface area contributed by atoms with Gasteiger partial charge in [-0.2, -0.15) is 13.2 Å². The number of carbonyl (C=O) groups is 2. The summed E-state index contributed by atoms with van der Waals surface area (Å²) in [5, 5.41) is 39.5. The fraction of sp³-hybridized carbons (Fsp3) is 0.417. The van der Waals surface area contributed by atoms with Crippen LogP contribution in [0.4, 0.5) is 13.2 Å². The second kappa shape index (κ2) is 10.5. The summed E-state index contributed by atoms with van der Waals surface area (Å²) in [6, 6.07) is 7.22. The van der Waals surface area contributed by atoms with Gasteiger partial charge in [0.15, 0.2) is 0 Å². The molecule has 1 aliphatic rings. The van der Waals surface area contributed by atoms with E-state index in [0.717, 1.165) is 12.1 Å². The van der Waals surface area contributed by atoms with Crippen LogP contribution in [0.25, 0.3) is 11.1 Å². The zero-order chi connectivity index (χ0) is 26.9. The maximum absolute atomic E-state index is 14.0. The summed E-state index contributed by atoms with van der Waals surface area (Å²) in [5.41, 5.74) is 4.22. The lowest BCUT2D eigenvalue weighted by atomic mass is 9.89. The molecule has 196 valence electrons. The number of nitrogens with two attached hydrogens (primary N) is 1. The smallest absolute Gasteiger partial charge is 0.394 e. The molecule has 0 spiro atoms. The predicted octanol–water partition coefficient (Wildman–Crippen LogP) is 0.558. The number of aliphatic hydroxyl groups excluding tert-OH is 4. The molecule has 12 heteroatoms. The Balaban J connectivity index is 2.05. The number of hydrogen-bond acceptors (Lipinski definition) is 7. The molecule has 0 saturated carbocycles. The molecule has 36 heavy (non-hydrogen) atoms. The quantitative estimate of drug-likeness (QED) is 0.379. The van der Waals surface area contributed by atoms with E-state index in [-0.39, 0.29) is 27.8 Å². The van der Waals surface area contributed by atoms with E-state index in [1.54, 1.807) is 0 Å². The minimum Gasteiger partial charge on any atom is -0.394 e. The van der Waals surface area contributed by atoms with E-state index < -0.39 is 67.1 Å². The molecule has 1 saturated heterocycles. The van der Waals surface area contributed by atoms with Crippen molar-refractivity contribution in [3.63, 3.8) is 0 Å². The summed E-state index contributed by atoms with van der Waals surface area (Å²) in [7, 11) is 2.96. The maximum Gasteiger partial charge on any atom is 0.416 e. The van der Waals surface area contributed by atoms with Crippen LogP contribution < -0.4 is 5.73 Å². The number of primary amides is 1. The van der Waals surface area contributed by atoms with Gasteiger partial charge in [-0.25, -0.2) is 0 Å². The maximum atomic E-state index is 14.0. The monoisotopic (exact) mass is 512 g/mol. The van der Waals surface area contributed by atoms with Crippen LogP contribution in [0.2, 0.25) is 0 Å². The molecule has 1 heterocycles. The topological polar surface area (TPSA) is 154 Å². The molecule has 9 nitrogen and oxygen atoms in total. The van der Waals surface area contributed by atoms with Crippen molar-refractivity contribution < 1.29 is 47.9 Å². The van der Waals surface area contributed by atoms with E-state index in [4.69, 9.17) is 10.5 Å². The van der Waals surface area contributed by atoms with E-state index in [9.17, 15) is 43.2 Å². The van der Waals surface area contributed by atoms with Gasteiger partial charge in [-0.3, -0.25) is 9.59 Å². The summed E-state index contributed by atoms with van der Waals surface area (Å²) in [5.74, 6) is -1.34. The van der Waals surface area contributed by atoms with Crippen molar-refractivity contribution in [1.82, 2.24) is 4.90 Å². The van der Waals surface area contributed by atoms with Crippen LogP contribution >= 0.6 is 0 Å². The van der Waals surface area contributed by atoms with Gasteiger partial charge in [0, 0.05) is 31.6 Å². The van der Waals surface area contributed by atoms with Crippen molar-refractivity contribution >= 4 is 11.8 Å². The molecule has 0 unspecified atom stereocenters. The second-order valence-electron chi connectivity index (χ2n) is 8.80. The minimum atomic E-state index is -4.83. The van der Waals surface area contributed by atoms with Crippen molar-refractivity contribution in [3.8, 4) is 11.1 Å². The van der Waals surface area contributed by atoms with E-state index in [1.165, 1.54) is 43.3 Å². The Labute approximate surface area is 204 Å².